The van der Waals surface area contributed by atoms with E-state index >= 15 is 0 Å². The molecule has 0 spiro atoms. The van der Waals surface area contributed by atoms with E-state index in [2.05, 4.69) is 10.0 Å². The summed E-state index contributed by atoms with van der Waals surface area (Å²) in [6, 6.07) is 18.0. The van der Waals surface area contributed by atoms with E-state index < -0.39 is 15.6 Å². The molecule has 3 rings (SSSR count). The van der Waals surface area contributed by atoms with Gasteiger partial charge in [0.25, 0.3) is 15.6 Å². The van der Waals surface area contributed by atoms with Gasteiger partial charge in [0.05, 0.1) is 12.0 Å². The van der Waals surface area contributed by atoms with Crippen LogP contribution < -0.4 is 20.3 Å². The van der Waals surface area contributed by atoms with E-state index in [1.807, 2.05) is 12.1 Å². The smallest absolute Gasteiger partial charge is 0.275 e. The molecule has 0 aliphatic carbocycles. The number of aryl methyl sites for hydroxylation is 1. The molecule has 0 aliphatic heterocycles. The lowest BCUT2D eigenvalue weighted by atomic mass is 10.2. The number of nitrogens with zero attached hydrogens (tertiary/aromatic N) is 1. The van der Waals surface area contributed by atoms with Crippen molar-refractivity contribution < 1.29 is 17.9 Å². The molecule has 9 heteroatoms. The molecule has 0 unspecified atom stereocenters. The van der Waals surface area contributed by atoms with E-state index in [4.69, 9.17) is 4.74 Å². The molecule has 2 aromatic carbocycles. The number of carbonyl (C=O) groups excluding carboxylic acids is 1. The lowest BCUT2D eigenvalue weighted by Gasteiger charge is -2.14. The Bertz CT molecular complexity index is 1220. The molecule has 1 aromatic heterocycles. The molecule has 31 heavy (non-hydrogen) atoms. The molecule has 8 nitrogen and oxygen atoms in total. The van der Waals surface area contributed by atoms with Crippen LogP contribution in [0.5, 0.6) is 5.75 Å². The van der Waals surface area contributed by atoms with E-state index in [0.717, 1.165) is 5.56 Å². The molecular weight excluding hydrogens is 418 g/mol. The van der Waals surface area contributed by atoms with Gasteiger partial charge in [-0.25, -0.2) is 8.42 Å². The first-order chi connectivity index (χ1) is 14.8. The molecule has 0 saturated carbocycles. The average molecular weight is 442 g/mol. The van der Waals surface area contributed by atoms with Crippen LogP contribution in [0.2, 0.25) is 0 Å². The number of ether oxygens (including phenoxy) is 1. The van der Waals surface area contributed by atoms with Crippen LogP contribution in [0.4, 0.5) is 5.69 Å². The van der Waals surface area contributed by atoms with Crippen LogP contribution in [0.1, 0.15) is 11.3 Å². The number of nitrogens with one attached hydrogen (secondary N) is 2. The first kappa shape index (κ1) is 22.1. The minimum Gasteiger partial charge on any atom is -0.497 e. The highest BCUT2D eigenvalue weighted by Gasteiger charge is 2.17. The Morgan fingerprint density at radius 2 is 1.68 bits per heavy atom. The van der Waals surface area contributed by atoms with Crippen molar-refractivity contribution in [1.29, 1.82) is 0 Å². The summed E-state index contributed by atoms with van der Waals surface area (Å²) in [6.07, 6.45) is 0. The zero-order valence-electron chi connectivity index (χ0n) is 17.2. The predicted molar refractivity (Wildman–Crippen MR) is 118 cm³/mol. The van der Waals surface area contributed by atoms with E-state index in [0.29, 0.717) is 11.4 Å². The monoisotopic (exact) mass is 441 g/mol. The fourth-order valence-electron chi connectivity index (χ4n) is 2.89. The minimum atomic E-state index is -3.92. The molecule has 162 valence electrons. The van der Waals surface area contributed by atoms with E-state index in [1.165, 1.54) is 22.8 Å². The lowest BCUT2D eigenvalue weighted by Crippen LogP contribution is -2.34. The summed E-state index contributed by atoms with van der Waals surface area (Å²) in [5, 5.41) is 2.75. The molecular formula is C22H23N3O5S. The minimum absolute atomic E-state index is 0.0405. The largest absolute Gasteiger partial charge is 0.497 e. The van der Waals surface area contributed by atoms with Gasteiger partial charge >= 0.3 is 0 Å². The van der Waals surface area contributed by atoms with Gasteiger partial charge in [-0.15, -0.1) is 0 Å². The van der Waals surface area contributed by atoms with Gasteiger partial charge in [-0.1, -0.05) is 30.3 Å². The van der Waals surface area contributed by atoms with Crippen molar-refractivity contribution in [2.75, 3.05) is 11.8 Å². The van der Waals surface area contributed by atoms with E-state index in [-0.39, 0.29) is 29.6 Å². The standard InChI is InChI=1S/C22H23N3O5S/c1-16-8-13-20(24-31(28,29)19-6-4-3-5-7-19)22(27)25(16)15-21(26)23-14-17-9-11-18(30-2)12-10-17/h3-13,24H,14-15H2,1-2H3,(H,23,26). The number of amides is 1. The SMILES string of the molecule is COc1ccc(CNC(=O)Cn2c(C)ccc(NS(=O)(=O)c3ccccc3)c2=O)cc1. The van der Waals surface area contributed by atoms with Crippen molar-refractivity contribution in [2.45, 2.75) is 24.9 Å². The maximum Gasteiger partial charge on any atom is 0.275 e. The van der Waals surface area contributed by atoms with Crippen LogP contribution >= 0.6 is 0 Å². The molecule has 0 bridgehead atoms. The molecule has 0 aliphatic rings. The summed E-state index contributed by atoms with van der Waals surface area (Å²) in [7, 11) is -2.35. The Hall–Kier alpha value is -3.59. The van der Waals surface area contributed by atoms with Crippen LogP contribution in [-0.2, 0) is 27.9 Å². The second kappa shape index (κ2) is 9.48. The summed E-state index contributed by atoms with van der Waals surface area (Å²) in [5.74, 6) is 0.344. The fourth-order valence-corrected chi connectivity index (χ4v) is 3.97. The number of carbonyl (C=O) groups is 1. The number of sulfonamides is 1. The zero-order valence-corrected chi connectivity index (χ0v) is 18.0. The number of methoxy groups -OCH3 is 1. The molecule has 0 saturated heterocycles. The van der Waals surface area contributed by atoms with Gasteiger partial charge in [0, 0.05) is 12.2 Å². The highest BCUT2D eigenvalue weighted by atomic mass is 32.2. The topological polar surface area (TPSA) is 106 Å². The Morgan fingerprint density at radius 1 is 1.00 bits per heavy atom. The van der Waals surface area contributed by atoms with Crippen LogP contribution in [0.15, 0.2) is 76.4 Å². The van der Waals surface area contributed by atoms with E-state index in [1.54, 1.807) is 50.4 Å². The molecule has 2 N–H and O–H groups in total. The molecule has 0 fully saturated rings. The third-order valence-corrected chi connectivity index (χ3v) is 6.02. The van der Waals surface area contributed by atoms with Gasteiger partial charge in [0.2, 0.25) is 5.91 Å². The molecule has 0 atom stereocenters. The van der Waals surface area contributed by atoms with E-state index in [9.17, 15) is 18.0 Å². The van der Waals surface area contributed by atoms with Crippen molar-refractivity contribution in [3.63, 3.8) is 0 Å². The Labute approximate surface area is 180 Å². The number of anilines is 1. The molecule has 1 heterocycles. The second-order valence-electron chi connectivity index (χ2n) is 6.82. The van der Waals surface area contributed by atoms with Crippen molar-refractivity contribution >= 4 is 21.6 Å². The fraction of sp³-hybridized carbons (Fsp3) is 0.182. The van der Waals surface area contributed by atoms with Crippen molar-refractivity contribution in [3.8, 4) is 5.75 Å². The number of hydrogen-bond acceptors (Lipinski definition) is 5. The van der Waals surface area contributed by atoms with Gasteiger partial charge in [-0.3, -0.25) is 14.3 Å². The van der Waals surface area contributed by atoms with Gasteiger partial charge < -0.3 is 14.6 Å². The Kier molecular flexibility index (Phi) is 6.76. The maximum atomic E-state index is 12.8. The number of benzene rings is 2. The summed E-state index contributed by atoms with van der Waals surface area (Å²) in [5.41, 5.74) is 0.686. The second-order valence-corrected chi connectivity index (χ2v) is 8.51. The number of aromatic nitrogens is 1. The highest BCUT2D eigenvalue weighted by molar-refractivity contribution is 7.92. The van der Waals surface area contributed by atoms with Gasteiger partial charge in [-0.2, -0.15) is 0 Å². The predicted octanol–water partition coefficient (Wildman–Crippen LogP) is 2.28. The molecule has 0 radical (unpaired) electrons. The van der Waals surface area contributed by atoms with Gasteiger partial charge in [0.1, 0.15) is 18.0 Å². The highest BCUT2D eigenvalue weighted by Crippen LogP contribution is 2.14. The first-order valence-corrected chi connectivity index (χ1v) is 11.0. The molecule has 1 amide bonds. The summed E-state index contributed by atoms with van der Waals surface area (Å²) in [4.78, 5) is 25.3. The van der Waals surface area contributed by atoms with Crippen molar-refractivity contribution in [2.24, 2.45) is 0 Å². The average Bonchev–Trinajstić information content (AvgIpc) is 2.78. The normalized spacial score (nSPS) is 11.0. The quantitative estimate of drug-likeness (QED) is 0.558. The van der Waals surface area contributed by atoms with Gasteiger partial charge in [-0.05, 0) is 48.9 Å². The third kappa shape index (κ3) is 5.52. The van der Waals surface area contributed by atoms with Crippen LogP contribution in [0.3, 0.4) is 0 Å². The lowest BCUT2D eigenvalue weighted by molar-refractivity contribution is -0.121. The van der Waals surface area contributed by atoms with Crippen molar-refractivity contribution in [1.82, 2.24) is 9.88 Å². The number of hydrogen-bond donors (Lipinski definition) is 2. The zero-order chi connectivity index (χ0) is 22.4. The van der Waals surface area contributed by atoms with Crippen LogP contribution in [0, 0.1) is 6.92 Å². The third-order valence-electron chi connectivity index (χ3n) is 4.64. The summed E-state index contributed by atoms with van der Waals surface area (Å²) in [6.45, 7) is 1.73. The summed E-state index contributed by atoms with van der Waals surface area (Å²) >= 11 is 0. The van der Waals surface area contributed by atoms with Crippen LogP contribution in [-0.4, -0.2) is 26.0 Å². The van der Waals surface area contributed by atoms with Gasteiger partial charge in [0.15, 0.2) is 0 Å². The first-order valence-electron chi connectivity index (χ1n) is 9.48. The van der Waals surface area contributed by atoms with Crippen LogP contribution in [0.25, 0.3) is 0 Å². The number of rotatable bonds is 8. The Morgan fingerprint density at radius 3 is 2.32 bits per heavy atom. The number of pyridine rings is 1. The summed E-state index contributed by atoms with van der Waals surface area (Å²) < 4.78 is 33.7. The maximum absolute atomic E-state index is 12.8. The van der Waals surface area contributed by atoms with Crippen molar-refractivity contribution in [3.05, 3.63) is 88.3 Å². The Balaban J connectivity index is 1.72. The molecule has 3 aromatic rings.